The van der Waals surface area contributed by atoms with Gasteiger partial charge in [-0.2, -0.15) is 0 Å². The average Bonchev–Trinajstić information content (AvgIpc) is 2.99. The summed E-state index contributed by atoms with van der Waals surface area (Å²) in [7, 11) is 1.41. The summed E-state index contributed by atoms with van der Waals surface area (Å²) in [5.74, 6) is -0.276. The Morgan fingerprint density at radius 3 is 2.62 bits per heavy atom. The topological polar surface area (TPSA) is 63.6 Å². The molecule has 128 valence electrons. The molecule has 0 aliphatic carbocycles. The molecule has 24 heavy (non-hydrogen) atoms. The minimum Gasteiger partial charge on any atom is -0.469 e. The number of rotatable bonds is 3. The number of aromatic nitrogens is 1. The van der Waals surface area contributed by atoms with Gasteiger partial charge in [0.05, 0.1) is 24.2 Å². The fourth-order valence-electron chi connectivity index (χ4n) is 3.29. The normalized spacial score (nSPS) is 15.5. The van der Waals surface area contributed by atoms with Crippen molar-refractivity contribution in [3.05, 3.63) is 30.5 Å². The van der Waals surface area contributed by atoms with Gasteiger partial charge < -0.3 is 19.5 Å². The van der Waals surface area contributed by atoms with Gasteiger partial charge in [0.25, 0.3) is 0 Å². The van der Waals surface area contributed by atoms with Crippen molar-refractivity contribution in [2.45, 2.75) is 26.3 Å². The smallest absolute Gasteiger partial charge is 0.321 e. The van der Waals surface area contributed by atoms with E-state index in [-0.39, 0.29) is 17.9 Å². The van der Waals surface area contributed by atoms with Crippen LogP contribution in [0.15, 0.2) is 30.5 Å². The van der Waals surface area contributed by atoms with Crippen molar-refractivity contribution < 1.29 is 14.3 Å². The molecule has 1 aliphatic heterocycles. The second-order valence-corrected chi connectivity index (χ2v) is 6.06. The average molecular weight is 329 g/mol. The Hall–Kier alpha value is -2.50. The molecule has 0 atom stereocenters. The monoisotopic (exact) mass is 329 g/mol. The molecule has 2 amide bonds. The van der Waals surface area contributed by atoms with Crippen molar-refractivity contribution in [1.82, 2.24) is 9.47 Å². The van der Waals surface area contributed by atoms with E-state index in [0.29, 0.717) is 25.9 Å². The minimum atomic E-state index is -0.180. The molecule has 0 spiro atoms. The van der Waals surface area contributed by atoms with Gasteiger partial charge in [-0.3, -0.25) is 4.79 Å². The zero-order valence-electron chi connectivity index (χ0n) is 14.1. The summed E-state index contributed by atoms with van der Waals surface area (Å²) in [5, 5.41) is 4.06. The first-order chi connectivity index (χ1) is 11.6. The van der Waals surface area contributed by atoms with Gasteiger partial charge in [-0.05, 0) is 25.8 Å². The fourth-order valence-corrected chi connectivity index (χ4v) is 3.29. The maximum Gasteiger partial charge on any atom is 0.321 e. The molecule has 0 unspecified atom stereocenters. The van der Waals surface area contributed by atoms with Crippen molar-refractivity contribution in [2.24, 2.45) is 5.92 Å². The van der Waals surface area contributed by atoms with E-state index in [2.05, 4.69) is 22.9 Å². The molecule has 0 bridgehead atoms. The summed E-state index contributed by atoms with van der Waals surface area (Å²) in [5.41, 5.74) is 1.94. The van der Waals surface area contributed by atoms with Gasteiger partial charge in [-0.25, -0.2) is 4.79 Å². The van der Waals surface area contributed by atoms with Crippen molar-refractivity contribution in [2.75, 3.05) is 25.5 Å². The number of hydrogen-bond acceptors (Lipinski definition) is 3. The Morgan fingerprint density at radius 2 is 1.96 bits per heavy atom. The molecule has 1 aromatic carbocycles. The Bertz CT molecular complexity index is 745. The SMILES string of the molecule is CCn1cc(NC(=O)N2CCC(C(=O)OC)CC2)c2ccccc21. The van der Waals surface area contributed by atoms with Crippen LogP contribution in [0.4, 0.5) is 10.5 Å². The number of methoxy groups -OCH3 is 1. The molecular weight excluding hydrogens is 306 g/mol. The summed E-state index contributed by atoms with van der Waals surface area (Å²) in [4.78, 5) is 25.9. The zero-order chi connectivity index (χ0) is 17.1. The first kappa shape index (κ1) is 16.4. The maximum atomic E-state index is 12.5. The number of benzene rings is 1. The number of ether oxygens (including phenoxy) is 1. The lowest BCUT2D eigenvalue weighted by Gasteiger charge is -2.30. The molecule has 6 heteroatoms. The molecule has 0 saturated carbocycles. The summed E-state index contributed by atoms with van der Waals surface area (Å²) in [6.45, 7) is 4.06. The molecule has 1 N–H and O–H groups in total. The van der Waals surface area contributed by atoms with E-state index in [1.165, 1.54) is 7.11 Å². The third-order valence-corrected chi connectivity index (χ3v) is 4.69. The molecule has 6 nitrogen and oxygen atoms in total. The number of carbonyl (C=O) groups excluding carboxylic acids is 2. The van der Waals surface area contributed by atoms with Crippen LogP contribution in [-0.4, -0.2) is 41.7 Å². The second kappa shape index (κ2) is 6.95. The lowest BCUT2D eigenvalue weighted by Crippen LogP contribution is -2.42. The third kappa shape index (κ3) is 3.09. The van der Waals surface area contributed by atoms with Crippen LogP contribution in [0.3, 0.4) is 0 Å². The highest BCUT2D eigenvalue weighted by Gasteiger charge is 2.28. The molecule has 1 aliphatic rings. The molecule has 3 rings (SSSR count). The summed E-state index contributed by atoms with van der Waals surface area (Å²) in [6.07, 6.45) is 3.28. The van der Waals surface area contributed by atoms with Crippen LogP contribution in [0.25, 0.3) is 10.9 Å². The van der Waals surface area contributed by atoms with Gasteiger partial charge in [0.15, 0.2) is 0 Å². The van der Waals surface area contributed by atoms with E-state index in [4.69, 9.17) is 4.74 Å². The predicted molar refractivity (Wildman–Crippen MR) is 92.9 cm³/mol. The van der Waals surface area contributed by atoms with E-state index in [1.54, 1.807) is 4.90 Å². The Kier molecular flexibility index (Phi) is 4.74. The number of likely N-dealkylation sites (tertiary alicyclic amines) is 1. The van der Waals surface area contributed by atoms with Crippen LogP contribution in [0.5, 0.6) is 0 Å². The van der Waals surface area contributed by atoms with Gasteiger partial charge >= 0.3 is 12.0 Å². The number of nitrogens with one attached hydrogen (secondary N) is 1. The Labute approximate surface area is 141 Å². The quantitative estimate of drug-likeness (QED) is 0.880. The maximum absolute atomic E-state index is 12.5. The van der Waals surface area contributed by atoms with E-state index >= 15 is 0 Å². The van der Waals surface area contributed by atoms with Crippen LogP contribution >= 0.6 is 0 Å². The summed E-state index contributed by atoms with van der Waals surface area (Å²) in [6, 6.07) is 7.92. The van der Waals surface area contributed by atoms with E-state index < -0.39 is 0 Å². The Morgan fingerprint density at radius 1 is 1.25 bits per heavy atom. The first-order valence-electron chi connectivity index (χ1n) is 8.35. The van der Waals surface area contributed by atoms with Gasteiger partial charge in [0.2, 0.25) is 0 Å². The largest absolute Gasteiger partial charge is 0.469 e. The van der Waals surface area contributed by atoms with Crippen LogP contribution in [0.1, 0.15) is 19.8 Å². The molecule has 0 radical (unpaired) electrons. The zero-order valence-corrected chi connectivity index (χ0v) is 14.1. The molecular formula is C18H23N3O3. The van der Waals surface area contributed by atoms with Gasteiger partial charge in [-0.1, -0.05) is 18.2 Å². The van der Waals surface area contributed by atoms with Gasteiger partial charge in [-0.15, -0.1) is 0 Å². The number of piperidine rings is 1. The molecule has 1 fully saturated rings. The number of fused-ring (bicyclic) bond motifs is 1. The highest BCUT2D eigenvalue weighted by molar-refractivity contribution is 6.01. The fraction of sp³-hybridized carbons (Fsp3) is 0.444. The van der Waals surface area contributed by atoms with E-state index in [1.807, 2.05) is 24.4 Å². The molecule has 2 aromatic rings. The second-order valence-electron chi connectivity index (χ2n) is 6.06. The van der Waals surface area contributed by atoms with Gasteiger partial charge in [0.1, 0.15) is 0 Å². The van der Waals surface area contributed by atoms with Crippen molar-refractivity contribution in [3.63, 3.8) is 0 Å². The van der Waals surface area contributed by atoms with E-state index in [0.717, 1.165) is 23.1 Å². The van der Waals surface area contributed by atoms with Crippen molar-refractivity contribution in [3.8, 4) is 0 Å². The lowest BCUT2D eigenvalue weighted by atomic mass is 9.97. The molecule has 1 saturated heterocycles. The number of anilines is 1. The number of carbonyl (C=O) groups is 2. The highest BCUT2D eigenvalue weighted by atomic mass is 16.5. The third-order valence-electron chi connectivity index (χ3n) is 4.69. The first-order valence-corrected chi connectivity index (χ1v) is 8.35. The lowest BCUT2D eigenvalue weighted by molar-refractivity contribution is -0.146. The van der Waals surface area contributed by atoms with Crippen molar-refractivity contribution >= 4 is 28.6 Å². The van der Waals surface area contributed by atoms with E-state index in [9.17, 15) is 9.59 Å². The number of aryl methyl sites for hydroxylation is 1. The summed E-state index contributed by atoms with van der Waals surface area (Å²) >= 11 is 0. The van der Waals surface area contributed by atoms with Crippen LogP contribution < -0.4 is 5.32 Å². The van der Waals surface area contributed by atoms with Gasteiger partial charge in [0, 0.05) is 31.2 Å². The number of nitrogens with zero attached hydrogens (tertiary/aromatic N) is 2. The number of para-hydroxylation sites is 1. The standard InChI is InChI=1S/C18H23N3O3/c1-3-20-12-15(14-6-4-5-7-16(14)20)19-18(23)21-10-8-13(9-11-21)17(22)24-2/h4-7,12-13H,3,8-11H2,1-2H3,(H,19,23). The molecule has 1 aromatic heterocycles. The van der Waals surface area contributed by atoms with Crippen LogP contribution in [0, 0.1) is 5.92 Å². The number of hydrogen-bond donors (Lipinski definition) is 1. The number of amides is 2. The van der Waals surface area contributed by atoms with Crippen molar-refractivity contribution in [1.29, 1.82) is 0 Å². The number of urea groups is 1. The Balaban J connectivity index is 1.69. The predicted octanol–water partition coefficient (Wildman–Crippen LogP) is 3.08. The highest BCUT2D eigenvalue weighted by Crippen LogP contribution is 2.27. The minimum absolute atomic E-state index is 0.0962. The molecule has 2 heterocycles. The number of esters is 1. The van der Waals surface area contributed by atoms with Crippen LogP contribution in [-0.2, 0) is 16.1 Å². The summed E-state index contributed by atoms with van der Waals surface area (Å²) < 4.78 is 6.90. The van der Waals surface area contributed by atoms with Crippen LogP contribution in [0.2, 0.25) is 0 Å².